The predicted octanol–water partition coefficient (Wildman–Crippen LogP) is 3.23. The summed E-state index contributed by atoms with van der Waals surface area (Å²) in [6.45, 7) is 0.477. The van der Waals surface area contributed by atoms with Crippen molar-refractivity contribution in [1.82, 2.24) is 0 Å². The number of rotatable bonds is 2. The molecule has 2 rings (SSSR count). The highest BCUT2D eigenvalue weighted by molar-refractivity contribution is 6.34. The van der Waals surface area contributed by atoms with Gasteiger partial charge in [0.15, 0.2) is 5.58 Å². The van der Waals surface area contributed by atoms with Crippen molar-refractivity contribution in [2.75, 3.05) is 7.11 Å². The Morgan fingerprint density at radius 3 is 3.00 bits per heavy atom. The first-order valence-electron chi connectivity index (χ1n) is 3.97. The van der Waals surface area contributed by atoms with Gasteiger partial charge in [-0.1, -0.05) is 23.7 Å². The van der Waals surface area contributed by atoms with Gasteiger partial charge in [-0.25, -0.2) is 0 Å². The molecule has 0 atom stereocenters. The van der Waals surface area contributed by atoms with Crippen LogP contribution in [0.25, 0.3) is 11.0 Å². The van der Waals surface area contributed by atoms with E-state index in [9.17, 15) is 0 Å². The van der Waals surface area contributed by atoms with Gasteiger partial charge in [-0.15, -0.1) is 0 Å². The SMILES string of the molecule is COCc1cc2cccc(Cl)c2o1. The first-order valence-corrected chi connectivity index (χ1v) is 4.35. The average Bonchev–Trinajstić information content (AvgIpc) is 2.49. The molecule has 1 heterocycles. The maximum Gasteiger partial charge on any atom is 0.152 e. The van der Waals surface area contributed by atoms with E-state index >= 15 is 0 Å². The van der Waals surface area contributed by atoms with Crippen molar-refractivity contribution < 1.29 is 9.15 Å². The minimum Gasteiger partial charge on any atom is -0.457 e. The van der Waals surface area contributed by atoms with Crippen LogP contribution in [0.4, 0.5) is 0 Å². The van der Waals surface area contributed by atoms with Gasteiger partial charge in [0.2, 0.25) is 0 Å². The Labute approximate surface area is 81.1 Å². The Balaban J connectivity index is 2.55. The fraction of sp³-hybridized carbons (Fsp3) is 0.200. The number of ether oxygens (including phenoxy) is 1. The molecular weight excluding hydrogens is 188 g/mol. The first kappa shape index (κ1) is 8.60. The van der Waals surface area contributed by atoms with Crippen LogP contribution in [0.5, 0.6) is 0 Å². The van der Waals surface area contributed by atoms with Crippen LogP contribution in [-0.2, 0) is 11.3 Å². The van der Waals surface area contributed by atoms with Gasteiger partial charge in [0, 0.05) is 12.5 Å². The lowest BCUT2D eigenvalue weighted by Crippen LogP contribution is -1.81. The summed E-state index contributed by atoms with van der Waals surface area (Å²) in [7, 11) is 1.63. The molecule has 0 saturated heterocycles. The van der Waals surface area contributed by atoms with E-state index < -0.39 is 0 Å². The van der Waals surface area contributed by atoms with Crippen molar-refractivity contribution in [2.45, 2.75) is 6.61 Å². The van der Waals surface area contributed by atoms with Crippen molar-refractivity contribution in [3.63, 3.8) is 0 Å². The number of methoxy groups -OCH3 is 1. The van der Waals surface area contributed by atoms with Crippen LogP contribution < -0.4 is 0 Å². The van der Waals surface area contributed by atoms with Crippen molar-refractivity contribution >= 4 is 22.6 Å². The lowest BCUT2D eigenvalue weighted by Gasteiger charge is -1.91. The Kier molecular flexibility index (Phi) is 2.25. The second-order valence-corrected chi connectivity index (χ2v) is 3.21. The summed E-state index contributed by atoms with van der Waals surface area (Å²) < 4.78 is 10.4. The fourth-order valence-corrected chi connectivity index (χ4v) is 1.51. The molecule has 0 saturated carbocycles. The molecular formula is C10H9ClO2. The normalized spacial score (nSPS) is 10.9. The third kappa shape index (κ3) is 1.55. The zero-order chi connectivity index (χ0) is 9.26. The quantitative estimate of drug-likeness (QED) is 0.736. The highest BCUT2D eigenvalue weighted by atomic mass is 35.5. The van der Waals surface area contributed by atoms with Gasteiger partial charge in [0.25, 0.3) is 0 Å². The Bertz CT molecular complexity index is 420. The Morgan fingerprint density at radius 2 is 2.31 bits per heavy atom. The maximum absolute atomic E-state index is 5.94. The largest absolute Gasteiger partial charge is 0.457 e. The molecule has 1 aromatic carbocycles. The average molecular weight is 197 g/mol. The molecule has 2 nitrogen and oxygen atoms in total. The molecule has 0 aliphatic rings. The molecule has 0 aliphatic carbocycles. The van der Waals surface area contributed by atoms with Crippen molar-refractivity contribution in [2.24, 2.45) is 0 Å². The molecule has 1 aromatic heterocycles. The zero-order valence-corrected chi connectivity index (χ0v) is 7.97. The molecule has 2 aromatic rings. The van der Waals surface area contributed by atoms with Gasteiger partial charge in [-0.05, 0) is 12.1 Å². The molecule has 0 spiro atoms. The summed E-state index contributed by atoms with van der Waals surface area (Å²) in [5.41, 5.74) is 0.733. The summed E-state index contributed by atoms with van der Waals surface area (Å²) in [5.74, 6) is 0.797. The Morgan fingerprint density at radius 1 is 1.46 bits per heavy atom. The molecule has 0 N–H and O–H groups in total. The monoisotopic (exact) mass is 196 g/mol. The number of fused-ring (bicyclic) bond motifs is 1. The lowest BCUT2D eigenvalue weighted by molar-refractivity contribution is 0.166. The van der Waals surface area contributed by atoms with Gasteiger partial charge in [0.05, 0.1) is 5.02 Å². The van der Waals surface area contributed by atoms with E-state index in [2.05, 4.69) is 0 Å². The number of para-hydroxylation sites is 1. The van der Waals surface area contributed by atoms with Crippen LogP contribution in [-0.4, -0.2) is 7.11 Å². The second-order valence-electron chi connectivity index (χ2n) is 2.80. The molecule has 0 unspecified atom stereocenters. The molecule has 0 aliphatic heterocycles. The lowest BCUT2D eigenvalue weighted by atomic mass is 10.2. The predicted molar refractivity (Wildman–Crippen MR) is 51.9 cm³/mol. The molecule has 3 heteroatoms. The fourth-order valence-electron chi connectivity index (χ4n) is 1.29. The minimum absolute atomic E-state index is 0.477. The van der Waals surface area contributed by atoms with Crippen molar-refractivity contribution in [3.05, 3.63) is 35.0 Å². The summed E-state index contributed by atoms with van der Waals surface area (Å²) in [6.07, 6.45) is 0. The van der Waals surface area contributed by atoms with E-state index in [0.29, 0.717) is 11.6 Å². The maximum atomic E-state index is 5.94. The number of hydrogen-bond acceptors (Lipinski definition) is 2. The van der Waals surface area contributed by atoms with Crippen molar-refractivity contribution in [1.29, 1.82) is 0 Å². The van der Waals surface area contributed by atoms with E-state index in [1.54, 1.807) is 7.11 Å². The third-order valence-corrected chi connectivity index (χ3v) is 2.13. The van der Waals surface area contributed by atoms with E-state index in [4.69, 9.17) is 20.8 Å². The third-order valence-electron chi connectivity index (χ3n) is 1.83. The Hall–Kier alpha value is -0.990. The smallest absolute Gasteiger partial charge is 0.152 e. The van der Waals surface area contributed by atoms with Crippen LogP contribution in [0.3, 0.4) is 0 Å². The molecule has 0 amide bonds. The molecule has 0 bridgehead atoms. The van der Waals surface area contributed by atoms with E-state index in [1.807, 2.05) is 24.3 Å². The van der Waals surface area contributed by atoms with E-state index in [0.717, 1.165) is 16.7 Å². The van der Waals surface area contributed by atoms with Gasteiger partial charge in [-0.2, -0.15) is 0 Å². The van der Waals surface area contributed by atoms with Crippen LogP contribution in [0.2, 0.25) is 5.02 Å². The van der Waals surface area contributed by atoms with Crippen molar-refractivity contribution in [3.8, 4) is 0 Å². The second kappa shape index (κ2) is 3.40. The standard InChI is InChI=1S/C10H9ClO2/c1-12-6-8-5-7-3-2-4-9(11)10(7)13-8/h2-5H,6H2,1H3. The van der Waals surface area contributed by atoms with Gasteiger partial charge in [0.1, 0.15) is 12.4 Å². The topological polar surface area (TPSA) is 22.4 Å². The summed E-state index contributed by atoms with van der Waals surface area (Å²) in [6, 6.07) is 7.61. The molecule has 68 valence electrons. The minimum atomic E-state index is 0.477. The summed E-state index contributed by atoms with van der Waals surface area (Å²) in [5, 5.41) is 1.65. The first-order chi connectivity index (χ1) is 6.31. The number of benzene rings is 1. The molecule has 13 heavy (non-hydrogen) atoms. The van der Waals surface area contributed by atoms with Crippen LogP contribution in [0.1, 0.15) is 5.76 Å². The molecule has 0 fully saturated rings. The highest BCUT2D eigenvalue weighted by Gasteiger charge is 2.05. The summed E-state index contributed by atoms with van der Waals surface area (Å²) in [4.78, 5) is 0. The molecule has 0 radical (unpaired) electrons. The number of hydrogen-bond donors (Lipinski definition) is 0. The zero-order valence-electron chi connectivity index (χ0n) is 7.21. The van der Waals surface area contributed by atoms with Gasteiger partial charge >= 0.3 is 0 Å². The van der Waals surface area contributed by atoms with Crippen LogP contribution in [0.15, 0.2) is 28.7 Å². The van der Waals surface area contributed by atoms with Crippen LogP contribution >= 0.6 is 11.6 Å². The summed E-state index contributed by atoms with van der Waals surface area (Å²) >= 11 is 5.94. The van der Waals surface area contributed by atoms with E-state index in [1.165, 1.54) is 0 Å². The van der Waals surface area contributed by atoms with Gasteiger partial charge < -0.3 is 9.15 Å². The highest BCUT2D eigenvalue weighted by Crippen LogP contribution is 2.26. The van der Waals surface area contributed by atoms with Crippen LogP contribution in [0, 0.1) is 0 Å². The number of halogens is 1. The number of furan rings is 1. The van der Waals surface area contributed by atoms with Gasteiger partial charge in [-0.3, -0.25) is 0 Å². The van der Waals surface area contributed by atoms with E-state index in [-0.39, 0.29) is 0 Å².